The lowest BCUT2D eigenvalue weighted by Gasteiger charge is -2.15. The highest BCUT2D eigenvalue weighted by Crippen LogP contribution is 2.31. The average molecular weight is 369 g/mol. The molecule has 1 aliphatic rings. The van der Waals surface area contributed by atoms with E-state index < -0.39 is 5.91 Å². The van der Waals surface area contributed by atoms with Crippen molar-refractivity contribution in [1.29, 1.82) is 0 Å². The lowest BCUT2D eigenvalue weighted by molar-refractivity contribution is 0.0961. The Kier molecular flexibility index (Phi) is 4.52. The van der Waals surface area contributed by atoms with Gasteiger partial charge in [-0.3, -0.25) is 14.8 Å². The summed E-state index contributed by atoms with van der Waals surface area (Å²) in [6.07, 6.45) is 7.20. The quantitative estimate of drug-likeness (QED) is 0.746. The van der Waals surface area contributed by atoms with E-state index in [1.807, 2.05) is 18.4 Å². The summed E-state index contributed by atoms with van der Waals surface area (Å²) in [7, 11) is 0. The number of primary amides is 1. The van der Waals surface area contributed by atoms with E-state index in [0.717, 1.165) is 47.2 Å². The van der Waals surface area contributed by atoms with Crippen LogP contribution in [0.25, 0.3) is 22.1 Å². The van der Waals surface area contributed by atoms with E-state index >= 15 is 0 Å². The molecule has 26 heavy (non-hydrogen) atoms. The molecule has 8 heteroatoms. The van der Waals surface area contributed by atoms with Crippen molar-refractivity contribution in [3.63, 3.8) is 0 Å². The normalized spacial score (nSPS) is 16.9. The zero-order valence-corrected chi connectivity index (χ0v) is 15.2. The SMILES string of the molecule is Cc1c(C(N)=O)cc(-c2csc(-c3cnccn3)n2)n1CC1CCCO1. The van der Waals surface area contributed by atoms with Gasteiger partial charge in [0.1, 0.15) is 10.7 Å². The Balaban J connectivity index is 1.74. The number of nitrogens with two attached hydrogens (primary N) is 1. The lowest BCUT2D eigenvalue weighted by Crippen LogP contribution is -2.18. The molecule has 134 valence electrons. The highest BCUT2D eigenvalue weighted by atomic mass is 32.1. The van der Waals surface area contributed by atoms with Crippen molar-refractivity contribution >= 4 is 17.2 Å². The number of ether oxygens (including phenoxy) is 1. The number of carbonyl (C=O) groups excluding carboxylic acids is 1. The van der Waals surface area contributed by atoms with Gasteiger partial charge >= 0.3 is 0 Å². The maximum absolute atomic E-state index is 11.8. The van der Waals surface area contributed by atoms with Crippen LogP contribution in [-0.2, 0) is 11.3 Å². The molecule has 1 saturated heterocycles. The molecule has 3 aromatic heterocycles. The monoisotopic (exact) mass is 369 g/mol. The van der Waals surface area contributed by atoms with Crippen molar-refractivity contribution in [3.8, 4) is 22.1 Å². The molecular formula is C18H19N5O2S. The third-order valence-electron chi connectivity index (χ3n) is 4.59. The molecule has 2 N–H and O–H groups in total. The molecule has 0 aliphatic carbocycles. The fraction of sp³-hybridized carbons (Fsp3) is 0.333. The second-order valence-corrected chi connectivity index (χ2v) is 7.13. The largest absolute Gasteiger partial charge is 0.376 e. The summed E-state index contributed by atoms with van der Waals surface area (Å²) in [6, 6.07) is 1.82. The van der Waals surface area contributed by atoms with Crippen LogP contribution in [0.3, 0.4) is 0 Å². The van der Waals surface area contributed by atoms with Crippen LogP contribution >= 0.6 is 11.3 Å². The predicted octanol–water partition coefficient (Wildman–Crippen LogP) is 2.65. The zero-order chi connectivity index (χ0) is 18.1. The number of hydrogen-bond acceptors (Lipinski definition) is 6. The van der Waals surface area contributed by atoms with Crippen molar-refractivity contribution in [2.75, 3.05) is 6.61 Å². The predicted molar refractivity (Wildman–Crippen MR) is 98.8 cm³/mol. The number of thiazole rings is 1. The fourth-order valence-electron chi connectivity index (χ4n) is 3.25. The Morgan fingerprint density at radius 1 is 1.42 bits per heavy atom. The van der Waals surface area contributed by atoms with Crippen molar-refractivity contribution in [1.82, 2.24) is 19.5 Å². The van der Waals surface area contributed by atoms with Gasteiger partial charge in [-0.1, -0.05) is 0 Å². The number of nitrogens with zero attached hydrogens (tertiary/aromatic N) is 4. The summed E-state index contributed by atoms with van der Waals surface area (Å²) in [6.45, 7) is 3.39. The van der Waals surface area contributed by atoms with E-state index in [4.69, 9.17) is 15.5 Å². The van der Waals surface area contributed by atoms with Crippen LogP contribution in [-0.4, -0.2) is 38.1 Å². The molecular weight excluding hydrogens is 350 g/mol. The van der Waals surface area contributed by atoms with Crippen molar-refractivity contribution in [3.05, 3.63) is 41.3 Å². The van der Waals surface area contributed by atoms with Gasteiger partial charge in [0.15, 0.2) is 0 Å². The minimum absolute atomic E-state index is 0.152. The first-order chi connectivity index (χ1) is 12.6. The minimum Gasteiger partial charge on any atom is -0.376 e. The molecule has 1 amide bonds. The smallest absolute Gasteiger partial charge is 0.250 e. The molecule has 0 spiro atoms. The van der Waals surface area contributed by atoms with Crippen molar-refractivity contribution < 1.29 is 9.53 Å². The summed E-state index contributed by atoms with van der Waals surface area (Å²) >= 11 is 1.50. The molecule has 0 aromatic carbocycles. The first-order valence-corrected chi connectivity index (χ1v) is 9.35. The fourth-order valence-corrected chi connectivity index (χ4v) is 4.03. The molecule has 1 aliphatic heterocycles. The molecule has 0 saturated carbocycles. The number of rotatable bonds is 5. The Morgan fingerprint density at radius 2 is 2.31 bits per heavy atom. The van der Waals surface area contributed by atoms with Gasteiger partial charge in [-0.25, -0.2) is 4.98 Å². The van der Waals surface area contributed by atoms with Crippen LogP contribution < -0.4 is 5.73 Å². The minimum atomic E-state index is -0.431. The Hall–Kier alpha value is -2.58. The standard InChI is InChI=1S/C18H19N5O2S/c1-11-13(17(19)24)7-16(23(11)9-12-3-2-6-25-12)15-10-26-18(22-15)14-8-20-4-5-21-14/h4-5,7-8,10,12H,2-3,6,9H2,1H3,(H2,19,24). The van der Waals surface area contributed by atoms with Crippen LogP contribution in [0.1, 0.15) is 28.9 Å². The number of carbonyl (C=O) groups is 1. The highest BCUT2D eigenvalue weighted by Gasteiger charge is 2.23. The number of hydrogen-bond donors (Lipinski definition) is 1. The van der Waals surface area contributed by atoms with Crippen LogP contribution in [0.4, 0.5) is 0 Å². The summed E-state index contributed by atoms with van der Waals surface area (Å²) < 4.78 is 7.86. The summed E-state index contributed by atoms with van der Waals surface area (Å²) in [4.78, 5) is 24.9. The van der Waals surface area contributed by atoms with Gasteiger partial charge in [-0.05, 0) is 25.8 Å². The molecule has 0 radical (unpaired) electrons. The van der Waals surface area contributed by atoms with Gasteiger partial charge in [0.25, 0.3) is 5.91 Å². The number of aromatic nitrogens is 4. The van der Waals surface area contributed by atoms with Gasteiger partial charge in [-0.2, -0.15) is 0 Å². The summed E-state index contributed by atoms with van der Waals surface area (Å²) in [5.41, 5.74) is 9.32. The van der Waals surface area contributed by atoms with E-state index in [-0.39, 0.29) is 6.10 Å². The molecule has 0 bridgehead atoms. The van der Waals surface area contributed by atoms with Gasteiger partial charge in [0.05, 0.1) is 29.3 Å². The maximum atomic E-state index is 11.8. The topological polar surface area (TPSA) is 95.9 Å². The van der Waals surface area contributed by atoms with Crippen LogP contribution in [0.5, 0.6) is 0 Å². The molecule has 1 atom stereocenters. The Labute approximate surface area is 154 Å². The van der Waals surface area contributed by atoms with Crippen molar-refractivity contribution in [2.45, 2.75) is 32.4 Å². The van der Waals surface area contributed by atoms with E-state index in [9.17, 15) is 4.79 Å². The summed E-state index contributed by atoms with van der Waals surface area (Å²) in [5.74, 6) is -0.431. The maximum Gasteiger partial charge on any atom is 0.250 e. The highest BCUT2D eigenvalue weighted by molar-refractivity contribution is 7.13. The second-order valence-electron chi connectivity index (χ2n) is 6.27. The molecule has 4 rings (SSSR count). The van der Waals surface area contributed by atoms with Gasteiger partial charge in [-0.15, -0.1) is 11.3 Å². The van der Waals surface area contributed by atoms with Gasteiger partial charge in [0, 0.05) is 36.6 Å². The van der Waals surface area contributed by atoms with Crippen LogP contribution in [0.15, 0.2) is 30.0 Å². The molecule has 4 heterocycles. The third kappa shape index (κ3) is 3.13. The van der Waals surface area contributed by atoms with Gasteiger partial charge in [0.2, 0.25) is 0 Å². The Bertz CT molecular complexity index is 928. The number of amides is 1. The first kappa shape index (κ1) is 16.9. The van der Waals surface area contributed by atoms with E-state index in [0.29, 0.717) is 12.1 Å². The van der Waals surface area contributed by atoms with Crippen LogP contribution in [0, 0.1) is 6.92 Å². The van der Waals surface area contributed by atoms with Gasteiger partial charge < -0.3 is 15.0 Å². The molecule has 3 aromatic rings. The van der Waals surface area contributed by atoms with E-state index in [1.54, 1.807) is 18.6 Å². The second kappa shape index (κ2) is 6.97. The van der Waals surface area contributed by atoms with E-state index in [1.165, 1.54) is 11.3 Å². The summed E-state index contributed by atoms with van der Waals surface area (Å²) in [5, 5.41) is 2.76. The third-order valence-corrected chi connectivity index (χ3v) is 5.46. The van der Waals surface area contributed by atoms with Crippen molar-refractivity contribution in [2.24, 2.45) is 5.73 Å². The molecule has 1 fully saturated rings. The molecule has 7 nitrogen and oxygen atoms in total. The Morgan fingerprint density at radius 3 is 3.00 bits per heavy atom. The lowest BCUT2D eigenvalue weighted by atomic mass is 10.2. The first-order valence-electron chi connectivity index (χ1n) is 8.47. The van der Waals surface area contributed by atoms with Crippen LogP contribution in [0.2, 0.25) is 0 Å². The zero-order valence-electron chi connectivity index (χ0n) is 14.4. The average Bonchev–Trinajstić information content (AvgIpc) is 3.38. The molecule has 1 unspecified atom stereocenters. The van der Waals surface area contributed by atoms with E-state index in [2.05, 4.69) is 14.5 Å².